The minimum absolute atomic E-state index is 0.689. The van der Waals surface area contributed by atoms with Crippen LogP contribution in [0.3, 0.4) is 0 Å². The summed E-state index contributed by atoms with van der Waals surface area (Å²) in [6.07, 6.45) is 7.12. The summed E-state index contributed by atoms with van der Waals surface area (Å²) in [6, 6.07) is 50.3. The van der Waals surface area contributed by atoms with Gasteiger partial charge in [-0.25, -0.2) is 29.9 Å². The molecule has 0 spiro atoms. The molecule has 0 N–H and O–H groups in total. The Labute approximate surface area is 299 Å². The molecule has 242 valence electrons. The Hall–Kier alpha value is -7.18. The maximum absolute atomic E-state index is 5.42. The summed E-state index contributed by atoms with van der Waals surface area (Å²) in [6.45, 7) is 0. The Morgan fingerprint density at radius 2 is 0.769 bits per heavy atom. The van der Waals surface area contributed by atoms with E-state index in [1.165, 1.54) is 10.8 Å². The van der Waals surface area contributed by atoms with E-state index >= 15 is 0 Å². The number of nitrogens with zero attached hydrogens (tertiary/aromatic N) is 6. The van der Waals surface area contributed by atoms with E-state index in [0.717, 1.165) is 77.3 Å². The first-order valence-electron chi connectivity index (χ1n) is 17.2. The normalized spacial score (nSPS) is 11.5. The van der Waals surface area contributed by atoms with Gasteiger partial charge in [-0.3, -0.25) is 0 Å². The molecule has 6 nitrogen and oxygen atoms in total. The molecule has 4 aromatic heterocycles. The van der Waals surface area contributed by atoms with Gasteiger partial charge in [-0.2, -0.15) is 0 Å². The molecule has 4 heterocycles. The number of pyridine rings is 2. The van der Waals surface area contributed by atoms with Crippen molar-refractivity contribution in [2.75, 3.05) is 0 Å². The molecule has 52 heavy (non-hydrogen) atoms. The van der Waals surface area contributed by atoms with Crippen LogP contribution in [-0.2, 0) is 0 Å². The lowest BCUT2D eigenvalue weighted by Gasteiger charge is -2.15. The summed E-state index contributed by atoms with van der Waals surface area (Å²) in [5, 5.41) is 7.74. The molecule has 0 saturated heterocycles. The first kappa shape index (κ1) is 29.7. The van der Waals surface area contributed by atoms with Gasteiger partial charge in [0.2, 0.25) is 0 Å². The van der Waals surface area contributed by atoms with Crippen molar-refractivity contribution in [1.82, 2.24) is 29.9 Å². The highest BCUT2D eigenvalue weighted by atomic mass is 14.9. The van der Waals surface area contributed by atoms with Gasteiger partial charge in [0.05, 0.1) is 22.6 Å². The van der Waals surface area contributed by atoms with E-state index in [-0.39, 0.29) is 0 Å². The van der Waals surface area contributed by atoms with Crippen LogP contribution in [0.15, 0.2) is 170 Å². The lowest BCUT2D eigenvalue weighted by molar-refractivity contribution is 1.18. The highest BCUT2D eigenvalue weighted by Gasteiger charge is 2.18. The fraction of sp³-hybridized carbons (Fsp3) is 0. The van der Waals surface area contributed by atoms with Crippen LogP contribution in [0.4, 0.5) is 0 Å². The van der Waals surface area contributed by atoms with Crippen molar-refractivity contribution in [3.8, 4) is 56.5 Å². The average Bonchev–Trinajstić information content (AvgIpc) is 3.22. The first-order valence-corrected chi connectivity index (χ1v) is 17.2. The van der Waals surface area contributed by atoms with E-state index in [1.807, 2.05) is 12.1 Å². The first-order chi connectivity index (χ1) is 25.8. The maximum atomic E-state index is 5.42. The van der Waals surface area contributed by atoms with Crippen LogP contribution >= 0.6 is 0 Å². The van der Waals surface area contributed by atoms with Crippen LogP contribution in [0, 0.1) is 0 Å². The number of hydrogen-bond acceptors (Lipinski definition) is 6. The van der Waals surface area contributed by atoms with Gasteiger partial charge in [0.25, 0.3) is 0 Å². The summed E-state index contributed by atoms with van der Waals surface area (Å²) >= 11 is 0. The van der Waals surface area contributed by atoms with Gasteiger partial charge in [-0.15, -0.1) is 0 Å². The standard InChI is InChI=1S/C46H28N6/c1-2-10-30-26-42-31(25-29(30)9-1)15-20-41(51-42)32-27-43(37-16-18-39(45-47-21-7-22-48-45)35-13-5-3-11-33(35)37)52-44(28-32)38-17-19-40(46-49-23-8-24-50-46)36-14-6-4-12-34(36)38/h1-28H. The van der Waals surface area contributed by atoms with Crippen LogP contribution in [-0.4, -0.2) is 29.9 Å². The summed E-state index contributed by atoms with van der Waals surface area (Å²) < 4.78 is 0. The second kappa shape index (κ2) is 12.3. The minimum atomic E-state index is 0.689. The molecule has 0 saturated carbocycles. The van der Waals surface area contributed by atoms with E-state index < -0.39 is 0 Å². The molecule has 0 fully saturated rings. The van der Waals surface area contributed by atoms with Crippen LogP contribution in [0.1, 0.15) is 0 Å². The van der Waals surface area contributed by atoms with Crippen molar-refractivity contribution in [2.45, 2.75) is 0 Å². The Morgan fingerprint density at radius 1 is 0.308 bits per heavy atom. The van der Waals surface area contributed by atoms with Gasteiger partial charge >= 0.3 is 0 Å². The largest absolute Gasteiger partial charge is 0.248 e. The van der Waals surface area contributed by atoms with Crippen LogP contribution in [0.5, 0.6) is 0 Å². The Bertz CT molecular complexity index is 2820. The van der Waals surface area contributed by atoms with Crippen LogP contribution < -0.4 is 0 Å². The Balaban J connectivity index is 1.22. The molecular formula is C46H28N6. The molecule has 0 amide bonds. The molecule has 6 heteroatoms. The van der Waals surface area contributed by atoms with E-state index in [9.17, 15) is 0 Å². The molecule has 0 bridgehead atoms. The summed E-state index contributed by atoms with van der Waals surface area (Å²) in [5.41, 5.74) is 8.50. The second-order valence-electron chi connectivity index (χ2n) is 12.8. The molecule has 0 atom stereocenters. The van der Waals surface area contributed by atoms with Crippen molar-refractivity contribution >= 4 is 43.2 Å². The van der Waals surface area contributed by atoms with Gasteiger partial charge in [-0.1, -0.05) is 91.0 Å². The van der Waals surface area contributed by atoms with Crippen molar-refractivity contribution < 1.29 is 0 Å². The van der Waals surface area contributed by atoms with Gasteiger partial charge in [0.15, 0.2) is 11.6 Å². The smallest absolute Gasteiger partial charge is 0.159 e. The summed E-state index contributed by atoms with van der Waals surface area (Å²) in [5.74, 6) is 1.38. The molecule has 0 aliphatic carbocycles. The van der Waals surface area contributed by atoms with E-state index in [0.29, 0.717) is 11.6 Å². The SMILES string of the molecule is c1cnc(-c2ccc(-c3cc(-c4ccc5cc6ccccc6cc5n4)cc(-c4ccc(-c5ncccn5)c5ccccc45)n3)c3ccccc23)nc1. The highest BCUT2D eigenvalue weighted by molar-refractivity contribution is 6.06. The van der Waals surface area contributed by atoms with E-state index in [2.05, 4.69) is 153 Å². The minimum Gasteiger partial charge on any atom is -0.248 e. The van der Waals surface area contributed by atoms with Crippen LogP contribution in [0.25, 0.3) is 99.8 Å². The molecule has 0 aliphatic rings. The van der Waals surface area contributed by atoms with Gasteiger partial charge in [0.1, 0.15) is 0 Å². The fourth-order valence-electron chi connectivity index (χ4n) is 7.24. The third-order valence-electron chi connectivity index (χ3n) is 9.69. The van der Waals surface area contributed by atoms with Crippen molar-refractivity contribution in [1.29, 1.82) is 0 Å². The van der Waals surface area contributed by atoms with Gasteiger partial charge < -0.3 is 0 Å². The predicted octanol–water partition coefficient (Wildman–Crippen LogP) is 11.0. The van der Waals surface area contributed by atoms with Crippen molar-refractivity contribution in [2.24, 2.45) is 0 Å². The molecule has 0 unspecified atom stereocenters. The fourth-order valence-corrected chi connectivity index (χ4v) is 7.24. The van der Waals surface area contributed by atoms with Crippen LogP contribution in [0.2, 0.25) is 0 Å². The number of aromatic nitrogens is 6. The monoisotopic (exact) mass is 664 g/mol. The van der Waals surface area contributed by atoms with Gasteiger partial charge in [-0.05, 0) is 86.9 Å². The van der Waals surface area contributed by atoms with Crippen molar-refractivity contribution in [3.05, 3.63) is 170 Å². The number of fused-ring (bicyclic) bond motifs is 4. The lowest BCUT2D eigenvalue weighted by atomic mass is 9.93. The zero-order chi connectivity index (χ0) is 34.4. The quantitative estimate of drug-likeness (QED) is 0.170. The molecule has 0 radical (unpaired) electrons. The number of rotatable bonds is 5. The number of hydrogen-bond donors (Lipinski definition) is 0. The van der Waals surface area contributed by atoms with E-state index in [4.69, 9.17) is 9.97 Å². The number of benzene rings is 6. The predicted molar refractivity (Wildman–Crippen MR) is 210 cm³/mol. The lowest BCUT2D eigenvalue weighted by Crippen LogP contribution is -1.96. The second-order valence-corrected chi connectivity index (χ2v) is 12.8. The molecule has 6 aromatic carbocycles. The molecule has 10 aromatic rings. The molecule has 0 aliphatic heterocycles. The topological polar surface area (TPSA) is 77.3 Å². The highest BCUT2D eigenvalue weighted by Crippen LogP contribution is 2.39. The van der Waals surface area contributed by atoms with E-state index in [1.54, 1.807) is 24.8 Å². The zero-order valence-corrected chi connectivity index (χ0v) is 27.8. The Morgan fingerprint density at radius 3 is 1.31 bits per heavy atom. The third kappa shape index (κ3) is 5.13. The third-order valence-corrected chi connectivity index (χ3v) is 9.69. The average molecular weight is 665 g/mol. The molecular weight excluding hydrogens is 637 g/mol. The molecule has 10 rings (SSSR count). The maximum Gasteiger partial charge on any atom is 0.159 e. The zero-order valence-electron chi connectivity index (χ0n) is 27.8. The van der Waals surface area contributed by atoms with Crippen molar-refractivity contribution in [3.63, 3.8) is 0 Å². The van der Waals surface area contributed by atoms with Gasteiger partial charge in [0, 0.05) is 58.0 Å². The Kier molecular flexibility index (Phi) is 7.03. The summed E-state index contributed by atoms with van der Waals surface area (Å²) in [4.78, 5) is 28.9. The summed E-state index contributed by atoms with van der Waals surface area (Å²) in [7, 11) is 0.